The fraction of sp³-hybridized carbons (Fsp3) is 0.190. The van der Waals surface area contributed by atoms with Gasteiger partial charge in [-0.15, -0.1) is 0 Å². The molecule has 1 aliphatic heterocycles. The van der Waals surface area contributed by atoms with Crippen LogP contribution in [0.25, 0.3) is 11.0 Å². The molecule has 2 aromatic heterocycles. The Morgan fingerprint density at radius 3 is 2.91 bits per heavy atom. The molecule has 3 heterocycles. The zero-order chi connectivity index (χ0) is 23.2. The van der Waals surface area contributed by atoms with Crippen LogP contribution < -0.4 is 14.2 Å². The van der Waals surface area contributed by atoms with Crippen molar-refractivity contribution in [2.75, 3.05) is 18.4 Å². The van der Waals surface area contributed by atoms with Crippen molar-refractivity contribution in [3.8, 4) is 11.5 Å². The van der Waals surface area contributed by atoms with Crippen LogP contribution in [-0.2, 0) is 23.0 Å². The number of benzene rings is 2. The van der Waals surface area contributed by atoms with Crippen molar-refractivity contribution in [2.24, 2.45) is 0 Å². The second-order valence-corrected chi connectivity index (χ2v) is 8.98. The van der Waals surface area contributed by atoms with Crippen molar-refractivity contribution in [2.45, 2.75) is 17.9 Å². The molecule has 0 saturated carbocycles. The predicted octanol–water partition coefficient (Wildman–Crippen LogP) is 2.52. The smallest absolute Gasteiger partial charge is 0.335 e. The minimum Gasteiger partial charge on any atom is -0.495 e. The number of aromatic nitrogens is 3. The van der Waals surface area contributed by atoms with E-state index < -0.39 is 16.0 Å². The van der Waals surface area contributed by atoms with Gasteiger partial charge >= 0.3 is 5.97 Å². The highest BCUT2D eigenvalue weighted by Crippen LogP contribution is 2.41. The van der Waals surface area contributed by atoms with E-state index in [2.05, 4.69) is 15.0 Å². The van der Waals surface area contributed by atoms with Crippen LogP contribution in [0.5, 0.6) is 11.5 Å². The van der Waals surface area contributed by atoms with Gasteiger partial charge in [0.05, 0.1) is 25.8 Å². The number of fused-ring (bicyclic) bond motifs is 3. The number of rotatable bonds is 7. The molecule has 0 unspecified atom stereocenters. The lowest BCUT2D eigenvalue weighted by Gasteiger charge is -2.12. The average Bonchev–Trinajstić information content (AvgIpc) is 3.54. The summed E-state index contributed by atoms with van der Waals surface area (Å²) in [5.74, 6) is -0.836. The molecule has 2 N–H and O–H groups in total. The summed E-state index contributed by atoms with van der Waals surface area (Å²) in [4.78, 5) is 11.0. The van der Waals surface area contributed by atoms with Gasteiger partial charge in [-0.25, -0.2) is 13.2 Å². The fourth-order valence-corrected chi connectivity index (χ4v) is 5.03. The summed E-state index contributed by atoms with van der Waals surface area (Å²) < 4.78 is 46.8. The highest BCUT2D eigenvalue weighted by atomic mass is 32.2. The number of hydrogen-bond acceptors (Lipinski definition) is 8. The number of anilines is 1. The largest absolute Gasteiger partial charge is 0.495 e. The summed E-state index contributed by atoms with van der Waals surface area (Å²) in [6.07, 6.45) is 4.17. The van der Waals surface area contributed by atoms with Crippen molar-refractivity contribution in [3.63, 3.8) is 0 Å². The Kier molecular flexibility index (Phi) is 4.93. The zero-order valence-electron chi connectivity index (χ0n) is 17.3. The van der Waals surface area contributed by atoms with Crippen LogP contribution in [0.3, 0.4) is 0 Å². The molecule has 12 heteroatoms. The SMILES string of the molecule is COc1ccc(C(=O)O)cc1S(=O)(=O)Nc1noc2cc(Cn3cccn3)c3c(c12)OCC3. The number of nitrogens with zero attached hydrogens (tertiary/aromatic N) is 3. The lowest BCUT2D eigenvalue weighted by atomic mass is 10.0. The number of sulfonamides is 1. The summed E-state index contributed by atoms with van der Waals surface area (Å²) >= 11 is 0. The number of carbonyl (C=O) groups is 1. The van der Waals surface area contributed by atoms with Gasteiger partial charge in [0.2, 0.25) is 0 Å². The van der Waals surface area contributed by atoms with E-state index >= 15 is 0 Å². The first-order valence-electron chi connectivity index (χ1n) is 9.86. The Bertz CT molecular complexity index is 1480. The summed E-state index contributed by atoms with van der Waals surface area (Å²) in [5, 5.41) is 17.8. The number of carboxylic acids is 1. The van der Waals surface area contributed by atoms with Crippen LogP contribution in [0.15, 0.2) is 52.1 Å². The summed E-state index contributed by atoms with van der Waals surface area (Å²) in [7, 11) is -2.98. The van der Waals surface area contributed by atoms with Crippen LogP contribution in [0.4, 0.5) is 5.82 Å². The predicted molar refractivity (Wildman–Crippen MR) is 115 cm³/mol. The summed E-state index contributed by atoms with van der Waals surface area (Å²) in [6.45, 7) is 0.933. The van der Waals surface area contributed by atoms with Crippen LogP contribution in [0.1, 0.15) is 21.5 Å². The molecule has 0 aliphatic carbocycles. The maximum atomic E-state index is 13.2. The van der Waals surface area contributed by atoms with Crippen LogP contribution in [0.2, 0.25) is 0 Å². The maximum absolute atomic E-state index is 13.2. The van der Waals surface area contributed by atoms with E-state index in [1.54, 1.807) is 16.9 Å². The monoisotopic (exact) mass is 470 g/mol. The second-order valence-electron chi connectivity index (χ2n) is 7.33. The third-order valence-corrected chi connectivity index (χ3v) is 6.69. The number of hydrogen-bond donors (Lipinski definition) is 2. The van der Waals surface area contributed by atoms with Crippen molar-refractivity contribution < 1.29 is 32.3 Å². The lowest BCUT2D eigenvalue weighted by Crippen LogP contribution is -2.15. The third-order valence-electron chi connectivity index (χ3n) is 5.33. The Labute approximate surface area is 187 Å². The molecule has 0 fully saturated rings. The number of methoxy groups -OCH3 is 1. The van der Waals surface area contributed by atoms with E-state index in [4.69, 9.17) is 14.0 Å². The average molecular weight is 470 g/mol. The zero-order valence-corrected chi connectivity index (χ0v) is 18.1. The normalized spacial score (nSPS) is 13.0. The van der Waals surface area contributed by atoms with E-state index in [0.29, 0.717) is 36.3 Å². The van der Waals surface area contributed by atoms with E-state index in [0.717, 1.165) is 17.2 Å². The molecule has 11 nitrogen and oxygen atoms in total. The molecule has 2 aromatic carbocycles. The van der Waals surface area contributed by atoms with E-state index in [1.807, 2.05) is 12.3 Å². The number of aromatic carboxylic acids is 1. The van der Waals surface area contributed by atoms with Gasteiger partial charge in [-0.2, -0.15) is 5.10 Å². The van der Waals surface area contributed by atoms with E-state index in [-0.39, 0.29) is 22.0 Å². The van der Waals surface area contributed by atoms with Crippen molar-refractivity contribution in [1.82, 2.24) is 14.9 Å². The van der Waals surface area contributed by atoms with E-state index in [1.165, 1.54) is 19.2 Å². The van der Waals surface area contributed by atoms with Crippen molar-refractivity contribution >= 4 is 32.8 Å². The van der Waals surface area contributed by atoms with Crippen molar-refractivity contribution in [3.05, 3.63) is 59.4 Å². The number of ether oxygens (including phenoxy) is 2. The van der Waals surface area contributed by atoms with Crippen LogP contribution in [0, 0.1) is 0 Å². The van der Waals surface area contributed by atoms with Gasteiger partial charge in [0.15, 0.2) is 11.4 Å². The Hall–Kier alpha value is -4.06. The molecular formula is C21H18N4O7S. The molecule has 1 aliphatic rings. The topological polar surface area (TPSA) is 146 Å². The minimum absolute atomic E-state index is 0.0108. The quantitative estimate of drug-likeness (QED) is 0.416. The Balaban J connectivity index is 1.57. The third kappa shape index (κ3) is 3.63. The molecule has 170 valence electrons. The number of nitrogens with one attached hydrogen (secondary N) is 1. The van der Waals surface area contributed by atoms with Crippen LogP contribution in [-0.4, -0.2) is 48.1 Å². The Morgan fingerprint density at radius 1 is 1.33 bits per heavy atom. The molecule has 0 radical (unpaired) electrons. The van der Waals surface area contributed by atoms with Gasteiger partial charge in [0, 0.05) is 24.4 Å². The molecule has 33 heavy (non-hydrogen) atoms. The summed E-state index contributed by atoms with van der Waals surface area (Å²) in [5.41, 5.74) is 2.00. The molecule has 4 aromatic rings. The standard InChI is InChI=1S/C21H18N4O7S/c1-30-15-4-3-12(21(26)27)10-17(15)33(28,29)24-20-18-16(32-23-20)9-13(11-25-7-2-6-22-25)14-5-8-31-19(14)18/h2-4,6-7,9-10H,5,8,11H2,1H3,(H,23,24)(H,26,27). The second kappa shape index (κ2) is 7.81. The number of carboxylic acid groups (broad SMARTS) is 1. The van der Waals surface area contributed by atoms with Gasteiger partial charge in [0.25, 0.3) is 10.0 Å². The summed E-state index contributed by atoms with van der Waals surface area (Å²) in [6, 6.07) is 7.18. The van der Waals surface area contributed by atoms with Gasteiger partial charge in [-0.3, -0.25) is 9.40 Å². The highest BCUT2D eigenvalue weighted by molar-refractivity contribution is 7.92. The van der Waals surface area contributed by atoms with Gasteiger partial charge in [-0.05, 0) is 35.9 Å². The first kappa shape index (κ1) is 20.8. The highest BCUT2D eigenvalue weighted by Gasteiger charge is 2.29. The fourth-order valence-electron chi connectivity index (χ4n) is 3.83. The van der Waals surface area contributed by atoms with Crippen molar-refractivity contribution in [1.29, 1.82) is 0 Å². The first-order chi connectivity index (χ1) is 15.9. The molecule has 5 rings (SSSR count). The molecule has 0 bridgehead atoms. The maximum Gasteiger partial charge on any atom is 0.335 e. The molecule has 0 atom stereocenters. The minimum atomic E-state index is -4.27. The van der Waals surface area contributed by atoms with E-state index in [9.17, 15) is 18.3 Å². The molecule has 0 saturated heterocycles. The van der Waals surface area contributed by atoms with Crippen LogP contribution >= 0.6 is 0 Å². The first-order valence-corrected chi connectivity index (χ1v) is 11.3. The molecule has 0 spiro atoms. The Morgan fingerprint density at radius 2 is 2.18 bits per heavy atom. The van der Waals surface area contributed by atoms with Gasteiger partial charge in [-0.1, -0.05) is 5.16 Å². The molecule has 0 amide bonds. The lowest BCUT2D eigenvalue weighted by molar-refractivity contribution is 0.0696. The van der Waals surface area contributed by atoms with Gasteiger partial charge in [0.1, 0.15) is 21.8 Å². The van der Waals surface area contributed by atoms with Gasteiger partial charge < -0.3 is 19.1 Å². The molecular weight excluding hydrogens is 452 g/mol.